The number of carbonyl (C=O) groups excluding carboxylic acids is 2. The van der Waals surface area contributed by atoms with Gasteiger partial charge in [-0.2, -0.15) is 0 Å². The Kier molecular flexibility index (Phi) is 8.90. The van der Waals surface area contributed by atoms with E-state index in [4.69, 9.17) is 4.98 Å². The summed E-state index contributed by atoms with van der Waals surface area (Å²) in [6, 6.07) is 8.52. The number of rotatable bonds is 9. The van der Waals surface area contributed by atoms with Gasteiger partial charge in [-0.15, -0.1) is 0 Å². The topological polar surface area (TPSA) is 65.5 Å². The predicted octanol–water partition coefficient (Wildman–Crippen LogP) is 5.55. The summed E-state index contributed by atoms with van der Waals surface area (Å²) in [6.07, 6.45) is 7.26. The number of nitrogens with zero attached hydrogens (tertiary/aromatic N) is 3. The van der Waals surface area contributed by atoms with E-state index in [0.717, 1.165) is 50.3 Å². The van der Waals surface area contributed by atoms with Gasteiger partial charge in [0.2, 0.25) is 5.91 Å². The lowest BCUT2D eigenvalue weighted by molar-refractivity contribution is -0.141. The lowest BCUT2D eigenvalue weighted by atomic mass is 9.76. The van der Waals surface area contributed by atoms with Crippen LogP contribution in [0.3, 0.4) is 0 Å². The summed E-state index contributed by atoms with van der Waals surface area (Å²) in [4.78, 5) is 35.2. The van der Waals surface area contributed by atoms with Crippen LogP contribution in [0.4, 0.5) is 20.3 Å². The summed E-state index contributed by atoms with van der Waals surface area (Å²) in [5, 5.41) is 3.02. The average molecular weight is 513 g/mol. The molecule has 0 bridgehead atoms. The number of amides is 1. The first kappa shape index (κ1) is 27.2. The van der Waals surface area contributed by atoms with Crippen LogP contribution in [-0.2, 0) is 9.59 Å². The molecule has 3 atom stereocenters. The van der Waals surface area contributed by atoms with E-state index in [1.54, 1.807) is 25.1 Å². The quantitative estimate of drug-likeness (QED) is 0.477. The zero-order valence-electron chi connectivity index (χ0n) is 22.1. The van der Waals surface area contributed by atoms with Gasteiger partial charge in [0.1, 0.15) is 23.2 Å². The van der Waals surface area contributed by atoms with Gasteiger partial charge >= 0.3 is 0 Å². The Balaban J connectivity index is 1.57. The molecule has 1 saturated carbocycles. The van der Waals surface area contributed by atoms with Crippen LogP contribution in [0.1, 0.15) is 70.0 Å². The highest BCUT2D eigenvalue weighted by molar-refractivity contribution is 5.90. The third-order valence-electron chi connectivity index (χ3n) is 8.12. The van der Waals surface area contributed by atoms with E-state index >= 15 is 0 Å². The number of likely N-dealkylation sites (N-methyl/N-ethyl adjacent to an activating group) is 1. The van der Waals surface area contributed by atoms with E-state index in [-0.39, 0.29) is 47.7 Å². The summed E-state index contributed by atoms with van der Waals surface area (Å²) in [7, 11) is 3.46. The Morgan fingerprint density at radius 1 is 1.11 bits per heavy atom. The molecule has 2 aliphatic rings. The van der Waals surface area contributed by atoms with Crippen molar-refractivity contribution in [2.45, 2.75) is 70.4 Å². The standard InChI is InChI=1S/C29H38F2N4O2/c1-19(32-2)27(36)18-22(20-9-5-4-6-10-20)29(37)35-16-8-12-26(35)24-11-7-13-28(33-24)34(3)25-15-14-21(30)17-23(25)31/h7,11,13-15,17,19-20,22,26,32H,4-6,8-10,12,16,18H2,1-3H3/t19-,22-,26-/m0/s1. The minimum Gasteiger partial charge on any atom is -0.334 e. The molecule has 1 saturated heterocycles. The van der Waals surface area contributed by atoms with Crippen LogP contribution >= 0.6 is 0 Å². The number of anilines is 2. The van der Waals surface area contributed by atoms with Gasteiger partial charge in [0.25, 0.3) is 0 Å². The van der Waals surface area contributed by atoms with Crippen molar-refractivity contribution in [1.29, 1.82) is 0 Å². The third kappa shape index (κ3) is 6.17. The van der Waals surface area contributed by atoms with Crippen molar-refractivity contribution in [3.63, 3.8) is 0 Å². The molecule has 0 spiro atoms. The van der Waals surface area contributed by atoms with Crippen LogP contribution in [0, 0.1) is 23.5 Å². The van der Waals surface area contributed by atoms with Crippen molar-refractivity contribution in [2.75, 3.05) is 25.5 Å². The van der Waals surface area contributed by atoms with Gasteiger partial charge in [0, 0.05) is 32.0 Å². The summed E-state index contributed by atoms with van der Waals surface area (Å²) in [5.74, 6) is -0.744. The highest BCUT2D eigenvalue weighted by Gasteiger charge is 2.39. The SMILES string of the molecule is CN[C@@H](C)C(=O)C[C@H](C(=O)N1CCC[C@H]1c1cccc(N(C)c2ccc(F)cc2F)n1)C1CCCCC1. The first-order chi connectivity index (χ1) is 17.8. The number of aromatic nitrogens is 1. The van der Waals surface area contributed by atoms with Crippen molar-refractivity contribution in [2.24, 2.45) is 11.8 Å². The van der Waals surface area contributed by atoms with Gasteiger partial charge in [-0.1, -0.05) is 25.3 Å². The number of Topliss-reactive ketones (excluding diaryl/α,β-unsaturated/α-hetero) is 1. The monoisotopic (exact) mass is 512 g/mol. The van der Waals surface area contributed by atoms with E-state index in [1.807, 2.05) is 24.0 Å². The number of hydrogen-bond acceptors (Lipinski definition) is 5. The second kappa shape index (κ2) is 12.1. The molecule has 2 fully saturated rings. The van der Waals surface area contributed by atoms with E-state index < -0.39 is 11.6 Å². The summed E-state index contributed by atoms with van der Waals surface area (Å²) in [5.41, 5.74) is 0.968. The summed E-state index contributed by atoms with van der Waals surface area (Å²) in [6.45, 7) is 2.48. The number of ketones is 1. The number of halogens is 2. The molecule has 1 aliphatic carbocycles. The van der Waals surface area contributed by atoms with Crippen molar-refractivity contribution in [3.05, 3.63) is 53.7 Å². The Labute approximate surface area is 218 Å². The molecular weight excluding hydrogens is 474 g/mol. The number of carbonyl (C=O) groups is 2. The molecule has 1 amide bonds. The minimum absolute atomic E-state index is 0.0520. The molecule has 8 heteroatoms. The maximum atomic E-state index is 14.4. The van der Waals surface area contributed by atoms with Gasteiger partial charge in [0.15, 0.2) is 0 Å². The molecule has 37 heavy (non-hydrogen) atoms. The highest BCUT2D eigenvalue weighted by Crippen LogP contribution is 2.39. The zero-order chi connectivity index (χ0) is 26.5. The zero-order valence-corrected chi connectivity index (χ0v) is 22.1. The molecule has 2 heterocycles. The fourth-order valence-electron chi connectivity index (χ4n) is 5.79. The lowest BCUT2D eigenvalue weighted by Crippen LogP contribution is -2.42. The van der Waals surface area contributed by atoms with Gasteiger partial charge in [-0.05, 0) is 69.8 Å². The highest BCUT2D eigenvalue weighted by atomic mass is 19.1. The van der Waals surface area contributed by atoms with Crippen molar-refractivity contribution in [1.82, 2.24) is 15.2 Å². The van der Waals surface area contributed by atoms with Crippen molar-refractivity contribution >= 4 is 23.2 Å². The van der Waals surface area contributed by atoms with Crippen LogP contribution in [0.15, 0.2) is 36.4 Å². The molecule has 1 aromatic carbocycles. The molecular formula is C29H38F2N4O2. The maximum Gasteiger partial charge on any atom is 0.226 e. The smallest absolute Gasteiger partial charge is 0.226 e. The Hall–Kier alpha value is -2.87. The first-order valence-electron chi connectivity index (χ1n) is 13.5. The molecule has 4 rings (SSSR count). The van der Waals surface area contributed by atoms with E-state index in [0.29, 0.717) is 12.4 Å². The number of nitrogens with one attached hydrogen (secondary N) is 1. The molecule has 2 aromatic rings. The summed E-state index contributed by atoms with van der Waals surface area (Å²) < 4.78 is 27.8. The fraction of sp³-hybridized carbons (Fsp3) is 0.552. The molecule has 200 valence electrons. The second-order valence-electron chi connectivity index (χ2n) is 10.5. The minimum atomic E-state index is -0.664. The van der Waals surface area contributed by atoms with Crippen LogP contribution in [0.2, 0.25) is 0 Å². The number of hydrogen-bond donors (Lipinski definition) is 1. The van der Waals surface area contributed by atoms with Gasteiger partial charge < -0.3 is 15.1 Å². The predicted molar refractivity (Wildman–Crippen MR) is 141 cm³/mol. The van der Waals surface area contributed by atoms with Gasteiger partial charge in [-0.3, -0.25) is 9.59 Å². The van der Waals surface area contributed by atoms with Crippen LogP contribution in [0.25, 0.3) is 0 Å². The summed E-state index contributed by atoms with van der Waals surface area (Å²) >= 11 is 0. The van der Waals surface area contributed by atoms with E-state index in [9.17, 15) is 18.4 Å². The molecule has 0 unspecified atom stereocenters. The number of benzene rings is 1. The van der Waals surface area contributed by atoms with Crippen molar-refractivity contribution in [3.8, 4) is 0 Å². The number of pyridine rings is 1. The van der Waals surface area contributed by atoms with Crippen LogP contribution < -0.4 is 10.2 Å². The van der Waals surface area contributed by atoms with Gasteiger partial charge in [0.05, 0.1) is 23.5 Å². The fourth-order valence-corrected chi connectivity index (χ4v) is 5.79. The number of likely N-dealkylation sites (tertiary alicyclic amines) is 1. The van der Waals surface area contributed by atoms with E-state index in [1.165, 1.54) is 18.6 Å². The van der Waals surface area contributed by atoms with Crippen LogP contribution in [-0.4, -0.2) is 48.3 Å². The normalized spacial score (nSPS) is 20.0. The van der Waals surface area contributed by atoms with E-state index in [2.05, 4.69) is 5.32 Å². The molecule has 1 N–H and O–H groups in total. The molecule has 6 nitrogen and oxygen atoms in total. The first-order valence-corrected chi connectivity index (χ1v) is 13.5. The lowest BCUT2D eigenvalue weighted by Gasteiger charge is -2.35. The van der Waals surface area contributed by atoms with Crippen molar-refractivity contribution < 1.29 is 18.4 Å². The average Bonchev–Trinajstić information content (AvgIpc) is 3.41. The third-order valence-corrected chi connectivity index (χ3v) is 8.12. The Bertz CT molecular complexity index is 1110. The Morgan fingerprint density at radius 3 is 2.57 bits per heavy atom. The van der Waals surface area contributed by atoms with Crippen LogP contribution in [0.5, 0.6) is 0 Å². The molecule has 1 aliphatic heterocycles. The molecule has 1 aromatic heterocycles. The van der Waals surface area contributed by atoms with Gasteiger partial charge in [-0.25, -0.2) is 13.8 Å². The second-order valence-corrected chi connectivity index (χ2v) is 10.5. The Morgan fingerprint density at radius 2 is 1.86 bits per heavy atom. The largest absolute Gasteiger partial charge is 0.334 e. The maximum absolute atomic E-state index is 14.4. The molecule has 0 radical (unpaired) electrons.